The predicted octanol–water partition coefficient (Wildman–Crippen LogP) is 2.61. The zero-order valence-corrected chi connectivity index (χ0v) is 9.42. The van der Waals surface area contributed by atoms with Gasteiger partial charge >= 0.3 is 0 Å². The molecule has 1 fully saturated rings. The van der Waals surface area contributed by atoms with Crippen molar-refractivity contribution in [2.24, 2.45) is 11.8 Å². The van der Waals surface area contributed by atoms with Gasteiger partial charge in [-0.3, -0.25) is 4.79 Å². The number of carbonyl (C=O) groups excluding carboxylic acids is 1. The molecule has 0 bridgehead atoms. The van der Waals surface area contributed by atoms with Crippen molar-refractivity contribution in [3.05, 3.63) is 34.9 Å². The van der Waals surface area contributed by atoms with Crippen LogP contribution in [0.2, 0.25) is 5.02 Å². The van der Waals surface area contributed by atoms with Crippen molar-refractivity contribution >= 4 is 17.5 Å². The van der Waals surface area contributed by atoms with E-state index in [1.807, 2.05) is 24.3 Å². The number of hydrogen-bond donors (Lipinski definition) is 1. The summed E-state index contributed by atoms with van der Waals surface area (Å²) in [5.74, 6) is 0.991. The average Bonchev–Trinajstić information content (AvgIpc) is 2.94. The minimum atomic E-state index is 0.178. The van der Waals surface area contributed by atoms with E-state index in [0.29, 0.717) is 12.5 Å². The molecule has 0 heterocycles. The molecular formula is C12H14ClNO. The molecule has 2 rings (SSSR count). The molecule has 1 aromatic carbocycles. The van der Waals surface area contributed by atoms with Gasteiger partial charge in [-0.05, 0) is 30.0 Å². The van der Waals surface area contributed by atoms with Gasteiger partial charge < -0.3 is 5.32 Å². The van der Waals surface area contributed by atoms with Crippen molar-refractivity contribution in [2.75, 3.05) is 0 Å². The number of benzene rings is 1. The van der Waals surface area contributed by atoms with Gasteiger partial charge in [0.2, 0.25) is 5.91 Å². The molecule has 2 nitrogen and oxygen atoms in total. The summed E-state index contributed by atoms with van der Waals surface area (Å²) in [5, 5.41) is 3.65. The highest BCUT2D eigenvalue weighted by Gasteiger charge is 2.38. The van der Waals surface area contributed by atoms with Crippen molar-refractivity contribution in [1.29, 1.82) is 0 Å². The first-order chi connectivity index (χ1) is 7.16. The van der Waals surface area contributed by atoms with Gasteiger partial charge in [-0.2, -0.15) is 0 Å². The van der Waals surface area contributed by atoms with Crippen LogP contribution in [0.25, 0.3) is 0 Å². The molecule has 0 unspecified atom stereocenters. The summed E-state index contributed by atoms with van der Waals surface area (Å²) in [7, 11) is 0. The van der Waals surface area contributed by atoms with Gasteiger partial charge in [0.1, 0.15) is 0 Å². The first-order valence-electron chi connectivity index (χ1n) is 5.19. The highest BCUT2D eigenvalue weighted by molar-refractivity contribution is 6.30. The lowest BCUT2D eigenvalue weighted by atomic mass is 10.2. The maximum Gasteiger partial charge on any atom is 0.223 e. The average molecular weight is 224 g/mol. The highest BCUT2D eigenvalue weighted by Crippen LogP contribution is 2.37. The lowest BCUT2D eigenvalue weighted by Gasteiger charge is -2.04. The van der Waals surface area contributed by atoms with E-state index in [2.05, 4.69) is 12.2 Å². The second kappa shape index (κ2) is 4.23. The minimum absolute atomic E-state index is 0.178. The smallest absolute Gasteiger partial charge is 0.223 e. The molecular weight excluding hydrogens is 210 g/mol. The second-order valence-electron chi connectivity index (χ2n) is 4.16. The third kappa shape index (κ3) is 2.72. The molecule has 15 heavy (non-hydrogen) atoms. The SMILES string of the molecule is C[C@@H]1C[C@H]1C(=O)NCc1ccc(Cl)cc1. The molecule has 0 aromatic heterocycles. The number of halogens is 1. The maximum atomic E-state index is 11.5. The molecule has 0 spiro atoms. The van der Waals surface area contributed by atoms with Gasteiger partial charge in [-0.1, -0.05) is 30.7 Å². The Morgan fingerprint density at radius 1 is 1.47 bits per heavy atom. The van der Waals surface area contributed by atoms with Gasteiger partial charge in [0, 0.05) is 17.5 Å². The normalized spacial score (nSPS) is 23.6. The first kappa shape index (κ1) is 10.5. The molecule has 80 valence electrons. The zero-order chi connectivity index (χ0) is 10.8. The zero-order valence-electron chi connectivity index (χ0n) is 8.66. The number of amides is 1. The fourth-order valence-corrected chi connectivity index (χ4v) is 1.74. The van der Waals surface area contributed by atoms with Gasteiger partial charge in [0.05, 0.1) is 0 Å². The Bertz CT molecular complexity index is 360. The monoisotopic (exact) mass is 223 g/mol. The predicted molar refractivity (Wildman–Crippen MR) is 60.6 cm³/mol. The Morgan fingerprint density at radius 2 is 2.07 bits per heavy atom. The van der Waals surface area contributed by atoms with E-state index in [1.165, 1.54) is 0 Å². The van der Waals surface area contributed by atoms with Crippen molar-refractivity contribution in [3.63, 3.8) is 0 Å². The molecule has 0 aliphatic heterocycles. The Kier molecular flexibility index (Phi) is 2.96. The van der Waals surface area contributed by atoms with E-state index >= 15 is 0 Å². The van der Waals surface area contributed by atoms with Crippen molar-refractivity contribution < 1.29 is 4.79 Å². The van der Waals surface area contributed by atoms with E-state index < -0.39 is 0 Å². The molecule has 0 saturated heterocycles. The van der Waals surface area contributed by atoms with Crippen LogP contribution in [0.15, 0.2) is 24.3 Å². The largest absolute Gasteiger partial charge is 0.352 e. The summed E-state index contributed by atoms with van der Waals surface area (Å²) < 4.78 is 0. The van der Waals surface area contributed by atoms with E-state index in [0.717, 1.165) is 17.0 Å². The lowest BCUT2D eigenvalue weighted by Crippen LogP contribution is -2.24. The van der Waals surface area contributed by atoms with Crippen LogP contribution in [0.3, 0.4) is 0 Å². The van der Waals surface area contributed by atoms with Crippen LogP contribution in [0.1, 0.15) is 18.9 Å². The molecule has 3 heteroatoms. The second-order valence-corrected chi connectivity index (χ2v) is 4.60. The summed E-state index contributed by atoms with van der Waals surface area (Å²) in [5.41, 5.74) is 1.08. The van der Waals surface area contributed by atoms with Gasteiger partial charge in [0.25, 0.3) is 0 Å². The summed E-state index contributed by atoms with van der Waals surface area (Å²) in [6.45, 7) is 2.70. The van der Waals surface area contributed by atoms with Crippen LogP contribution in [0.4, 0.5) is 0 Å². The van der Waals surface area contributed by atoms with Crippen LogP contribution in [0, 0.1) is 11.8 Å². The molecule has 1 amide bonds. The number of carbonyl (C=O) groups is 1. The van der Waals surface area contributed by atoms with Crippen molar-refractivity contribution in [2.45, 2.75) is 19.9 Å². The number of rotatable bonds is 3. The Labute approximate surface area is 94.6 Å². The molecule has 1 saturated carbocycles. The third-order valence-electron chi connectivity index (χ3n) is 2.83. The van der Waals surface area contributed by atoms with Crippen molar-refractivity contribution in [1.82, 2.24) is 5.32 Å². The van der Waals surface area contributed by atoms with Crippen LogP contribution in [-0.4, -0.2) is 5.91 Å². The minimum Gasteiger partial charge on any atom is -0.352 e. The van der Waals surface area contributed by atoms with Crippen LogP contribution in [-0.2, 0) is 11.3 Å². The van der Waals surface area contributed by atoms with E-state index in [9.17, 15) is 4.79 Å². The Balaban J connectivity index is 1.82. The lowest BCUT2D eigenvalue weighted by molar-refractivity contribution is -0.122. The summed E-state index contributed by atoms with van der Waals surface area (Å²) in [6, 6.07) is 7.53. The molecule has 1 aliphatic rings. The Hall–Kier alpha value is -1.02. The van der Waals surface area contributed by atoms with Gasteiger partial charge in [-0.15, -0.1) is 0 Å². The maximum absolute atomic E-state index is 11.5. The quantitative estimate of drug-likeness (QED) is 0.839. The van der Waals surface area contributed by atoms with Gasteiger partial charge in [-0.25, -0.2) is 0 Å². The standard InChI is InChI=1S/C12H14ClNO/c1-8-6-11(8)12(15)14-7-9-2-4-10(13)5-3-9/h2-5,8,11H,6-7H2,1H3,(H,14,15)/t8-,11-/m1/s1. The van der Waals surface area contributed by atoms with E-state index in [1.54, 1.807) is 0 Å². The van der Waals surface area contributed by atoms with E-state index in [4.69, 9.17) is 11.6 Å². The highest BCUT2D eigenvalue weighted by atomic mass is 35.5. The fourth-order valence-electron chi connectivity index (χ4n) is 1.61. The summed E-state index contributed by atoms with van der Waals surface area (Å²) in [6.07, 6.45) is 1.03. The number of nitrogens with one attached hydrogen (secondary N) is 1. The summed E-state index contributed by atoms with van der Waals surface area (Å²) >= 11 is 5.77. The van der Waals surface area contributed by atoms with Gasteiger partial charge in [0.15, 0.2) is 0 Å². The molecule has 1 aromatic rings. The fraction of sp³-hybridized carbons (Fsp3) is 0.417. The molecule has 1 N–H and O–H groups in total. The number of hydrogen-bond acceptors (Lipinski definition) is 1. The van der Waals surface area contributed by atoms with Crippen LogP contribution >= 0.6 is 11.6 Å². The summed E-state index contributed by atoms with van der Waals surface area (Å²) in [4.78, 5) is 11.5. The molecule has 0 radical (unpaired) electrons. The van der Waals surface area contributed by atoms with Crippen LogP contribution < -0.4 is 5.32 Å². The van der Waals surface area contributed by atoms with Crippen LogP contribution in [0.5, 0.6) is 0 Å². The van der Waals surface area contributed by atoms with E-state index in [-0.39, 0.29) is 11.8 Å². The first-order valence-corrected chi connectivity index (χ1v) is 5.57. The van der Waals surface area contributed by atoms with Crippen molar-refractivity contribution in [3.8, 4) is 0 Å². The molecule has 1 aliphatic carbocycles. The Morgan fingerprint density at radius 3 is 2.60 bits per heavy atom. The topological polar surface area (TPSA) is 29.1 Å². The third-order valence-corrected chi connectivity index (χ3v) is 3.08. The molecule has 2 atom stereocenters.